The summed E-state index contributed by atoms with van der Waals surface area (Å²) in [4.78, 5) is 40.2. The number of rotatable bonds is 20. The van der Waals surface area contributed by atoms with Crippen molar-refractivity contribution in [3.63, 3.8) is 0 Å². The molecule has 0 fully saturated rings. The van der Waals surface area contributed by atoms with Crippen molar-refractivity contribution < 1.29 is 59.3 Å². The second-order valence-corrected chi connectivity index (χ2v) is 12.8. The molecule has 16 heteroatoms. The number of methoxy groups -OCH3 is 2. The average molecular weight is 805 g/mol. The number of aliphatic hydroxyl groups is 2. The predicted octanol–water partition coefficient (Wildman–Crippen LogP) is 4.16. The van der Waals surface area contributed by atoms with E-state index in [1.807, 2.05) is 62.4 Å². The summed E-state index contributed by atoms with van der Waals surface area (Å²) < 4.78 is 10.3. The number of carbonyl (C=O) groups excluding carboxylic acids is 2. The van der Waals surface area contributed by atoms with Crippen molar-refractivity contribution in [3.8, 4) is 23.0 Å². The zero-order valence-corrected chi connectivity index (χ0v) is 32.7. The molecule has 4 rings (SSSR count). The lowest BCUT2D eigenvalue weighted by atomic mass is 10.1. The molecule has 0 saturated carbocycles. The van der Waals surface area contributed by atoms with Gasteiger partial charge in [-0.05, 0) is 97.5 Å². The fourth-order valence-corrected chi connectivity index (χ4v) is 5.26. The van der Waals surface area contributed by atoms with Crippen LogP contribution in [-0.2, 0) is 32.0 Å². The molecule has 0 aliphatic rings. The van der Waals surface area contributed by atoms with Crippen LogP contribution < -0.4 is 30.7 Å². The summed E-state index contributed by atoms with van der Waals surface area (Å²) in [7, 11) is 3.28. The minimum absolute atomic E-state index is 0.0381. The molecule has 10 N–H and O–H groups in total. The largest absolute Gasteiger partial charge is 0.506 e. The topological polar surface area (TPSA) is 256 Å². The summed E-state index contributed by atoms with van der Waals surface area (Å²) in [5.41, 5.74) is 4.14. The van der Waals surface area contributed by atoms with Crippen molar-refractivity contribution in [1.82, 2.24) is 10.6 Å². The number of aromatic hydroxyl groups is 2. The number of carbonyl (C=O) groups is 4. The molecule has 2 amide bonds. The number of aliphatic carboxylic acids is 2. The zero-order valence-electron chi connectivity index (χ0n) is 32.7. The van der Waals surface area contributed by atoms with E-state index in [0.717, 1.165) is 24.3 Å². The highest BCUT2D eigenvalue weighted by Crippen LogP contribution is 2.28. The Balaban J connectivity index is 0.000000337. The van der Waals surface area contributed by atoms with E-state index in [2.05, 4.69) is 21.3 Å². The number of carboxylic acids is 2. The van der Waals surface area contributed by atoms with Crippen molar-refractivity contribution >= 4 is 36.1 Å². The van der Waals surface area contributed by atoms with Crippen molar-refractivity contribution in [2.75, 3.05) is 37.9 Å². The van der Waals surface area contributed by atoms with E-state index in [4.69, 9.17) is 19.7 Å². The Morgan fingerprint density at radius 3 is 1.24 bits per heavy atom. The van der Waals surface area contributed by atoms with E-state index in [-0.39, 0.29) is 35.0 Å². The fourth-order valence-electron chi connectivity index (χ4n) is 5.26. The van der Waals surface area contributed by atoms with Crippen molar-refractivity contribution in [3.05, 3.63) is 119 Å². The van der Waals surface area contributed by atoms with Crippen molar-refractivity contribution in [1.29, 1.82) is 0 Å². The lowest BCUT2D eigenvalue weighted by Gasteiger charge is -2.18. The molecule has 58 heavy (non-hydrogen) atoms. The van der Waals surface area contributed by atoms with Gasteiger partial charge in [-0.3, -0.25) is 9.59 Å². The Kier molecular flexibility index (Phi) is 21.1. The van der Waals surface area contributed by atoms with Crippen molar-refractivity contribution in [2.24, 2.45) is 0 Å². The van der Waals surface area contributed by atoms with Crippen LogP contribution in [0.1, 0.15) is 48.3 Å². The number of carboxylic acid groups (broad SMARTS) is 2. The molecule has 4 atom stereocenters. The molecule has 0 heterocycles. The smallest absolute Gasteiger partial charge is 0.328 e. The molecule has 4 aromatic carbocycles. The Bertz CT molecular complexity index is 1770. The Labute approximate surface area is 336 Å². The number of ether oxygens (including phenoxy) is 2. The number of benzene rings is 4. The first-order valence-corrected chi connectivity index (χ1v) is 18.0. The van der Waals surface area contributed by atoms with Crippen LogP contribution in [0.4, 0.5) is 11.4 Å². The van der Waals surface area contributed by atoms with Crippen LogP contribution in [0.2, 0.25) is 0 Å². The quantitative estimate of drug-likeness (QED) is 0.0342. The monoisotopic (exact) mass is 804 g/mol. The lowest BCUT2D eigenvalue weighted by molar-refractivity contribution is -0.134. The van der Waals surface area contributed by atoms with Crippen LogP contribution in [-0.4, -0.2) is 94.8 Å². The van der Waals surface area contributed by atoms with Gasteiger partial charge in [-0.15, -0.1) is 0 Å². The maximum atomic E-state index is 10.5. The minimum Gasteiger partial charge on any atom is -0.506 e. The number of phenols is 2. The highest BCUT2D eigenvalue weighted by atomic mass is 16.5. The second-order valence-electron chi connectivity index (χ2n) is 12.8. The summed E-state index contributed by atoms with van der Waals surface area (Å²) in [6, 6.07) is 25.4. The molecule has 4 aromatic rings. The first kappa shape index (κ1) is 47.7. The summed E-state index contributed by atoms with van der Waals surface area (Å²) in [5.74, 6) is -0.939. The van der Waals surface area contributed by atoms with Crippen LogP contribution in [0, 0.1) is 0 Å². The fraction of sp³-hybridized carbons (Fsp3) is 0.286. The number of anilines is 2. The summed E-state index contributed by atoms with van der Waals surface area (Å²) in [6.07, 6.45) is 2.25. The van der Waals surface area contributed by atoms with E-state index in [0.29, 0.717) is 49.2 Å². The normalized spacial score (nSPS) is 12.6. The molecular weight excluding hydrogens is 752 g/mol. The summed E-state index contributed by atoms with van der Waals surface area (Å²) >= 11 is 0. The first-order chi connectivity index (χ1) is 27.7. The Hall–Kier alpha value is -6.46. The zero-order chi connectivity index (χ0) is 43.0. The third-order valence-electron chi connectivity index (χ3n) is 8.33. The van der Waals surface area contributed by atoms with Crippen LogP contribution in [0.3, 0.4) is 0 Å². The molecule has 312 valence electrons. The van der Waals surface area contributed by atoms with E-state index < -0.39 is 24.1 Å². The van der Waals surface area contributed by atoms with Gasteiger partial charge in [0.2, 0.25) is 12.8 Å². The Morgan fingerprint density at radius 1 is 0.603 bits per heavy atom. The van der Waals surface area contributed by atoms with Gasteiger partial charge in [0, 0.05) is 37.3 Å². The average Bonchev–Trinajstić information content (AvgIpc) is 3.21. The molecular formula is C42H52N4O12. The Morgan fingerprint density at radius 2 is 0.948 bits per heavy atom. The van der Waals surface area contributed by atoms with Gasteiger partial charge in [-0.1, -0.05) is 36.4 Å². The van der Waals surface area contributed by atoms with Crippen molar-refractivity contribution in [2.45, 2.75) is 51.0 Å². The van der Waals surface area contributed by atoms with Gasteiger partial charge >= 0.3 is 11.9 Å². The van der Waals surface area contributed by atoms with E-state index in [9.17, 15) is 39.6 Å². The van der Waals surface area contributed by atoms with Crippen LogP contribution in [0.15, 0.2) is 97.1 Å². The molecule has 0 bridgehead atoms. The lowest BCUT2D eigenvalue weighted by Crippen LogP contribution is -2.32. The highest BCUT2D eigenvalue weighted by Gasteiger charge is 2.14. The van der Waals surface area contributed by atoms with Gasteiger partial charge in [0.25, 0.3) is 0 Å². The summed E-state index contributed by atoms with van der Waals surface area (Å²) in [6.45, 7) is 4.82. The number of hydrogen-bond donors (Lipinski definition) is 10. The third-order valence-corrected chi connectivity index (χ3v) is 8.33. The van der Waals surface area contributed by atoms with Gasteiger partial charge in [0.15, 0.2) is 0 Å². The number of amides is 2. The molecule has 0 aliphatic heterocycles. The number of nitrogens with one attached hydrogen (secondary N) is 4. The van der Waals surface area contributed by atoms with Crippen LogP contribution in [0.5, 0.6) is 23.0 Å². The molecule has 0 aromatic heterocycles. The van der Waals surface area contributed by atoms with E-state index >= 15 is 0 Å². The van der Waals surface area contributed by atoms with Gasteiger partial charge in [-0.2, -0.15) is 0 Å². The number of aliphatic hydroxyl groups excluding tert-OH is 2. The van der Waals surface area contributed by atoms with Crippen LogP contribution in [0.25, 0.3) is 0 Å². The SMILES string of the molecule is COc1ccc(CC(C)NCC(O)c2ccc(O)c(NC=O)c2)cc1.COc1ccc(CC(C)NCC(O)c2ccc(O)c(NC=O)c2)cc1.O=C(O)C=CC(=O)O. The molecule has 0 radical (unpaired) electrons. The van der Waals surface area contributed by atoms with Gasteiger partial charge in [-0.25, -0.2) is 9.59 Å². The highest BCUT2D eigenvalue weighted by molar-refractivity contribution is 5.89. The molecule has 0 saturated heterocycles. The molecule has 4 unspecified atom stereocenters. The first-order valence-electron chi connectivity index (χ1n) is 18.0. The minimum atomic E-state index is -1.26. The molecule has 0 spiro atoms. The maximum Gasteiger partial charge on any atom is 0.328 e. The maximum absolute atomic E-state index is 10.5. The molecule has 16 nitrogen and oxygen atoms in total. The standard InChI is InChI=1S/2C19H24N2O4.C4H4O4/c2*1-13(9-14-3-6-16(25-2)7-4-14)20-11-19(24)15-5-8-18(23)17(10-15)21-12-22;5-3(6)1-2-4(7)8/h2*3-8,10,12-13,19-20,23-24H,9,11H2,1-2H3,(H,21,22);1-2H,(H,5,6)(H,7,8). The van der Waals surface area contributed by atoms with E-state index in [1.165, 1.54) is 23.3 Å². The van der Waals surface area contributed by atoms with Crippen LogP contribution >= 0.6 is 0 Å². The predicted molar refractivity (Wildman–Crippen MR) is 218 cm³/mol. The number of hydrogen-bond acceptors (Lipinski definition) is 12. The van der Waals surface area contributed by atoms with Gasteiger partial charge < -0.3 is 61.4 Å². The number of phenolic OH excluding ortho intramolecular Hbond substituents is 2. The third kappa shape index (κ3) is 18.0. The van der Waals surface area contributed by atoms with Gasteiger partial charge in [0.05, 0.1) is 37.8 Å². The van der Waals surface area contributed by atoms with E-state index in [1.54, 1.807) is 38.5 Å². The second kappa shape index (κ2) is 25.6. The summed E-state index contributed by atoms with van der Waals surface area (Å²) in [5, 5.41) is 66.9. The van der Waals surface area contributed by atoms with Gasteiger partial charge in [0.1, 0.15) is 23.0 Å². The molecule has 0 aliphatic carbocycles.